The second kappa shape index (κ2) is 5.89. The molecule has 1 fully saturated rings. The molecule has 0 heterocycles. The van der Waals surface area contributed by atoms with Gasteiger partial charge in [0.2, 0.25) is 5.91 Å². The maximum absolute atomic E-state index is 12.2. The third-order valence-electron chi connectivity index (χ3n) is 3.59. The Morgan fingerprint density at radius 3 is 2.67 bits per heavy atom. The molecule has 0 spiro atoms. The summed E-state index contributed by atoms with van der Waals surface area (Å²) in [5.74, 6) is 1.04. The van der Waals surface area contributed by atoms with Gasteiger partial charge in [-0.25, -0.2) is 0 Å². The molecule has 1 aliphatic rings. The van der Waals surface area contributed by atoms with Crippen molar-refractivity contribution >= 4 is 11.6 Å². The van der Waals surface area contributed by atoms with Crippen molar-refractivity contribution in [3.63, 3.8) is 0 Å². The Morgan fingerprint density at radius 1 is 1.28 bits per heavy atom. The summed E-state index contributed by atoms with van der Waals surface area (Å²) in [5, 5.41) is 2.99. The standard InChI is InChI=1S/C15H21NO2/c1-11-8-9-13(14(10-11)18-2)16-15(17)12-6-4-3-5-7-12/h8-10,12H,3-7H2,1-2H3,(H,16,17). The van der Waals surface area contributed by atoms with Crippen molar-refractivity contribution < 1.29 is 9.53 Å². The lowest BCUT2D eigenvalue weighted by molar-refractivity contribution is -0.120. The first-order valence-electron chi connectivity index (χ1n) is 6.66. The second-order valence-corrected chi connectivity index (χ2v) is 5.03. The molecule has 0 aliphatic heterocycles. The molecule has 2 rings (SSSR count). The van der Waals surface area contributed by atoms with Gasteiger partial charge in [-0.2, -0.15) is 0 Å². The molecule has 0 unspecified atom stereocenters. The molecule has 0 radical (unpaired) electrons. The van der Waals surface area contributed by atoms with E-state index in [1.807, 2.05) is 25.1 Å². The van der Waals surface area contributed by atoms with Gasteiger partial charge in [-0.15, -0.1) is 0 Å². The number of aryl methyl sites for hydroxylation is 1. The molecule has 0 aromatic heterocycles. The molecule has 1 aromatic rings. The minimum Gasteiger partial charge on any atom is -0.495 e. The number of anilines is 1. The lowest BCUT2D eigenvalue weighted by atomic mass is 9.88. The predicted molar refractivity (Wildman–Crippen MR) is 72.9 cm³/mol. The van der Waals surface area contributed by atoms with Crippen LogP contribution in [0.2, 0.25) is 0 Å². The van der Waals surface area contributed by atoms with E-state index in [-0.39, 0.29) is 11.8 Å². The first kappa shape index (κ1) is 12.9. The van der Waals surface area contributed by atoms with Crippen LogP contribution in [-0.2, 0) is 4.79 Å². The number of carbonyl (C=O) groups is 1. The van der Waals surface area contributed by atoms with Crippen molar-refractivity contribution in [3.8, 4) is 5.75 Å². The van der Waals surface area contributed by atoms with Crippen LogP contribution in [0.25, 0.3) is 0 Å². The first-order chi connectivity index (χ1) is 8.70. The normalized spacial score (nSPS) is 16.3. The van der Waals surface area contributed by atoms with Crippen molar-refractivity contribution in [1.82, 2.24) is 0 Å². The van der Waals surface area contributed by atoms with Crippen LogP contribution in [0.15, 0.2) is 18.2 Å². The molecule has 3 nitrogen and oxygen atoms in total. The Bertz CT molecular complexity index is 423. The lowest BCUT2D eigenvalue weighted by Gasteiger charge is -2.21. The Hall–Kier alpha value is -1.51. The first-order valence-corrected chi connectivity index (χ1v) is 6.66. The Kier molecular flexibility index (Phi) is 4.24. The van der Waals surface area contributed by atoms with Gasteiger partial charge < -0.3 is 10.1 Å². The maximum atomic E-state index is 12.2. The van der Waals surface area contributed by atoms with Crippen molar-refractivity contribution in [2.24, 2.45) is 5.92 Å². The highest BCUT2D eigenvalue weighted by atomic mass is 16.5. The summed E-state index contributed by atoms with van der Waals surface area (Å²) >= 11 is 0. The van der Waals surface area contributed by atoms with E-state index in [0.717, 1.165) is 29.8 Å². The lowest BCUT2D eigenvalue weighted by Crippen LogP contribution is -2.24. The number of hydrogen-bond donors (Lipinski definition) is 1. The molecule has 1 aromatic carbocycles. The molecular formula is C15H21NO2. The number of hydrogen-bond acceptors (Lipinski definition) is 2. The molecule has 3 heteroatoms. The summed E-state index contributed by atoms with van der Waals surface area (Å²) in [4.78, 5) is 12.2. The van der Waals surface area contributed by atoms with Crippen LogP contribution in [0.1, 0.15) is 37.7 Å². The molecule has 0 atom stereocenters. The van der Waals surface area contributed by atoms with Gasteiger partial charge in [0.1, 0.15) is 5.75 Å². The van der Waals surface area contributed by atoms with E-state index < -0.39 is 0 Å². The quantitative estimate of drug-likeness (QED) is 0.887. The van der Waals surface area contributed by atoms with Crippen molar-refractivity contribution in [2.45, 2.75) is 39.0 Å². The van der Waals surface area contributed by atoms with Crippen LogP contribution in [-0.4, -0.2) is 13.0 Å². The largest absolute Gasteiger partial charge is 0.495 e. The number of methoxy groups -OCH3 is 1. The van der Waals surface area contributed by atoms with Gasteiger partial charge in [0.25, 0.3) is 0 Å². The zero-order chi connectivity index (χ0) is 13.0. The fraction of sp³-hybridized carbons (Fsp3) is 0.533. The highest BCUT2D eigenvalue weighted by Crippen LogP contribution is 2.28. The number of benzene rings is 1. The van der Waals surface area contributed by atoms with E-state index in [1.54, 1.807) is 7.11 Å². The monoisotopic (exact) mass is 247 g/mol. The Balaban J connectivity index is 2.06. The van der Waals surface area contributed by atoms with Crippen LogP contribution >= 0.6 is 0 Å². The van der Waals surface area contributed by atoms with Crippen LogP contribution in [0.4, 0.5) is 5.69 Å². The SMILES string of the molecule is COc1cc(C)ccc1NC(=O)C1CCCCC1. The molecular weight excluding hydrogens is 226 g/mol. The van der Waals surface area contributed by atoms with Crippen LogP contribution in [0.3, 0.4) is 0 Å². The number of nitrogens with one attached hydrogen (secondary N) is 1. The van der Waals surface area contributed by atoms with Gasteiger partial charge in [0, 0.05) is 5.92 Å². The van der Waals surface area contributed by atoms with E-state index in [1.165, 1.54) is 19.3 Å². The van der Waals surface area contributed by atoms with Crippen molar-refractivity contribution in [2.75, 3.05) is 12.4 Å². The topological polar surface area (TPSA) is 38.3 Å². The minimum absolute atomic E-state index is 0.136. The molecule has 18 heavy (non-hydrogen) atoms. The summed E-state index contributed by atoms with van der Waals surface area (Å²) < 4.78 is 5.30. The van der Waals surface area contributed by atoms with Crippen LogP contribution in [0, 0.1) is 12.8 Å². The molecule has 1 aliphatic carbocycles. The number of rotatable bonds is 3. The van der Waals surface area contributed by atoms with Gasteiger partial charge in [0.15, 0.2) is 0 Å². The van der Waals surface area contributed by atoms with Gasteiger partial charge in [-0.05, 0) is 37.5 Å². The fourth-order valence-electron chi connectivity index (χ4n) is 2.50. The molecule has 0 saturated heterocycles. The molecule has 0 bridgehead atoms. The molecule has 1 N–H and O–H groups in total. The summed E-state index contributed by atoms with van der Waals surface area (Å²) in [7, 11) is 1.63. The summed E-state index contributed by atoms with van der Waals surface area (Å²) in [6, 6.07) is 5.84. The van der Waals surface area contributed by atoms with E-state index in [9.17, 15) is 4.79 Å². The van der Waals surface area contributed by atoms with Crippen LogP contribution in [0.5, 0.6) is 5.75 Å². The number of carbonyl (C=O) groups excluding carboxylic acids is 1. The molecule has 1 saturated carbocycles. The van der Waals surface area contributed by atoms with Crippen molar-refractivity contribution in [3.05, 3.63) is 23.8 Å². The van der Waals surface area contributed by atoms with Gasteiger partial charge in [-0.3, -0.25) is 4.79 Å². The third-order valence-corrected chi connectivity index (χ3v) is 3.59. The zero-order valence-electron chi connectivity index (χ0n) is 11.2. The highest BCUT2D eigenvalue weighted by Gasteiger charge is 2.21. The van der Waals surface area contributed by atoms with Gasteiger partial charge in [-0.1, -0.05) is 25.3 Å². The fourth-order valence-corrected chi connectivity index (χ4v) is 2.50. The third kappa shape index (κ3) is 3.03. The van der Waals surface area contributed by atoms with E-state index in [4.69, 9.17) is 4.74 Å². The van der Waals surface area contributed by atoms with E-state index >= 15 is 0 Å². The average molecular weight is 247 g/mol. The average Bonchev–Trinajstić information content (AvgIpc) is 2.41. The van der Waals surface area contributed by atoms with E-state index in [2.05, 4.69) is 5.32 Å². The summed E-state index contributed by atoms with van der Waals surface area (Å²) in [6.45, 7) is 2.01. The predicted octanol–water partition coefficient (Wildman–Crippen LogP) is 3.52. The van der Waals surface area contributed by atoms with Crippen LogP contribution < -0.4 is 10.1 Å². The Labute approximate surface area is 109 Å². The molecule has 98 valence electrons. The number of amides is 1. The summed E-state index contributed by atoms with van der Waals surface area (Å²) in [5.41, 5.74) is 1.90. The minimum atomic E-state index is 0.136. The van der Waals surface area contributed by atoms with Gasteiger partial charge >= 0.3 is 0 Å². The molecule has 1 amide bonds. The van der Waals surface area contributed by atoms with E-state index in [0.29, 0.717) is 0 Å². The summed E-state index contributed by atoms with van der Waals surface area (Å²) in [6.07, 6.45) is 5.63. The maximum Gasteiger partial charge on any atom is 0.227 e. The zero-order valence-corrected chi connectivity index (χ0v) is 11.2. The highest BCUT2D eigenvalue weighted by molar-refractivity contribution is 5.94. The smallest absolute Gasteiger partial charge is 0.227 e. The van der Waals surface area contributed by atoms with Gasteiger partial charge in [0.05, 0.1) is 12.8 Å². The number of ether oxygens (including phenoxy) is 1. The second-order valence-electron chi connectivity index (χ2n) is 5.03. The van der Waals surface area contributed by atoms with Crippen molar-refractivity contribution in [1.29, 1.82) is 0 Å². The Morgan fingerprint density at radius 2 is 2.00 bits per heavy atom.